The van der Waals surface area contributed by atoms with Gasteiger partial charge in [0.05, 0.1) is 10.9 Å². The number of fused-ring (bicyclic) bond motifs is 1. The molecule has 6 nitrogen and oxygen atoms in total. The van der Waals surface area contributed by atoms with Gasteiger partial charge >= 0.3 is 5.97 Å². The quantitative estimate of drug-likeness (QED) is 0.137. The molecule has 4 rings (SSSR count). The second kappa shape index (κ2) is 9.42. The van der Waals surface area contributed by atoms with Crippen molar-refractivity contribution in [3.63, 3.8) is 0 Å². The number of esters is 1. The van der Waals surface area contributed by atoms with Crippen molar-refractivity contribution in [2.75, 3.05) is 0 Å². The standard InChI is InChI=1S/C26H22N2O4S/c1-16-5-4-6-22-23(16)25(31)28(3)26(27-22)33-15-18-7-9-19(10-8-18)24(30)20-11-13-21(14-12-20)32-17(2)29/h4-14H,15H2,1-3H3. The van der Waals surface area contributed by atoms with Crippen molar-refractivity contribution in [2.45, 2.75) is 24.8 Å². The largest absolute Gasteiger partial charge is 0.427 e. The molecule has 0 aliphatic heterocycles. The van der Waals surface area contributed by atoms with Crippen LogP contribution >= 0.6 is 11.8 Å². The lowest BCUT2D eigenvalue weighted by Crippen LogP contribution is -2.20. The summed E-state index contributed by atoms with van der Waals surface area (Å²) in [6.45, 7) is 3.24. The molecule has 0 N–H and O–H groups in total. The van der Waals surface area contributed by atoms with Crippen molar-refractivity contribution in [3.05, 3.63) is 99.3 Å². The van der Waals surface area contributed by atoms with E-state index in [2.05, 4.69) is 4.98 Å². The average molecular weight is 459 g/mol. The van der Waals surface area contributed by atoms with E-state index < -0.39 is 5.97 Å². The molecule has 0 saturated heterocycles. The Morgan fingerprint density at radius 3 is 2.24 bits per heavy atom. The van der Waals surface area contributed by atoms with Gasteiger partial charge in [0.25, 0.3) is 5.56 Å². The zero-order chi connectivity index (χ0) is 23.5. The van der Waals surface area contributed by atoms with Crippen molar-refractivity contribution in [1.29, 1.82) is 0 Å². The van der Waals surface area contributed by atoms with E-state index in [4.69, 9.17) is 4.74 Å². The highest BCUT2D eigenvalue weighted by molar-refractivity contribution is 7.98. The third-order valence-corrected chi connectivity index (χ3v) is 6.34. The Kier molecular flexibility index (Phi) is 6.42. The molecule has 0 amide bonds. The van der Waals surface area contributed by atoms with E-state index in [9.17, 15) is 14.4 Å². The second-order valence-electron chi connectivity index (χ2n) is 7.66. The van der Waals surface area contributed by atoms with Crippen LogP contribution in [0.2, 0.25) is 0 Å². The highest BCUT2D eigenvalue weighted by Gasteiger charge is 2.12. The summed E-state index contributed by atoms with van der Waals surface area (Å²) in [5.41, 5.74) is 3.65. The van der Waals surface area contributed by atoms with Crippen LogP contribution in [0.4, 0.5) is 0 Å². The Labute approximate surface area is 195 Å². The number of carbonyl (C=O) groups excluding carboxylic acids is 2. The summed E-state index contributed by atoms with van der Waals surface area (Å²) in [4.78, 5) is 41.2. The fourth-order valence-electron chi connectivity index (χ4n) is 3.49. The SMILES string of the molecule is CC(=O)Oc1ccc(C(=O)c2ccc(CSc3nc4cccc(C)c4c(=O)n3C)cc2)cc1. The van der Waals surface area contributed by atoms with E-state index in [0.717, 1.165) is 11.1 Å². The van der Waals surface area contributed by atoms with Crippen molar-refractivity contribution >= 4 is 34.4 Å². The molecule has 1 aromatic heterocycles. The third kappa shape index (κ3) is 4.88. The fourth-order valence-corrected chi connectivity index (χ4v) is 4.42. The maximum atomic E-state index is 12.8. The first-order chi connectivity index (χ1) is 15.8. The molecule has 166 valence electrons. The van der Waals surface area contributed by atoms with Crippen LogP contribution < -0.4 is 10.3 Å². The Hall–Kier alpha value is -3.71. The molecule has 33 heavy (non-hydrogen) atoms. The summed E-state index contributed by atoms with van der Waals surface area (Å²) in [5.74, 6) is 0.496. The van der Waals surface area contributed by atoms with Gasteiger partial charge in [0.1, 0.15) is 5.75 Å². The summed E-state index contributed by atoms with van der Waals surface area (Å²) in [6, 6.07) is 19.5. The number of rotatable bonds is 6. The van der Waals surface area contributed by atoms with E-state index in [0.29, 0.717) is 38.7 Å². The van der Waals surface area contributed by atoms with E-state index in [1.807, 2.05) is 37.3 Å². The van der Waals surface area contributed by atoms with E-state index in [1.54, 1.807) is 48.0 Å². The number of hydrogen-bond acceptors (Lipinski definition) is 6. The minimum atomic E-state index is -0.406. The molecule has 0 radical (unpaired) electrons. The highest BCUT2D eigenvalue weighted by Crippen LogP contribution is 2.23. The molecule has 0 aliphatic rings. The minimum Gasteiger partial charge on any atom is -0.427 e. The minimum absolute atomic E-state index is 0.0544. The summed E-state index contributed by atoms with van der Waals surface area (Å²) < 4.78 is 6.58. The predicted octanol–water partition coefficient (Wildman–Crippen LogP) is 4.69. The van der Waals surface area contributed by atoms with Crippen LogP contribution in [0, 0.1) is 6.92 Å². The third-order valence-electron chi connectivity index (χ3n) is 5.23. The first-order valence-corrected chi connectivity index (χ1v) is 11.3. The number of thioether (sulfide) groups is 1. The molecule has 0 unspecified atom stereocenters. The first-order valence-electron chi connectivity index (χ1n) is 10.3. The second-order valence-corrected chi connectivity index (χ2v) is 8.60. The zero-order valence-electron chi connectivity index (χ0n) is 18.5. The number of aryl methyl sites for hydroxylation is 1. The zero-order valence-corrected chi connectivity index (χ0v) is 19.3. The normalized spacial score (nSPS) is 10.9. The number of ketones is 1. The summed E-state index contributed by atoms with van der Waals surface area (Å²) in [5, 5.41) is 1.29. The summed E-state index contributed by atoms with van der Waals surface area (Å²) in [6.07, 6.45) is 0. The molecule has 0 spiro atoms. The molecular weight excluding hydrogens is 436 g/mol. The highest BCUT2D eigenvalue weighted by atomic mass is 32.2. The van der Waals surface area contributed by atoms with Crippen LogP contribution in [-0.4, -0.2) is 21.3 Å². The van der Waals surface area contributed by atoms with Gasteiger partial charge in [-0.15, -0.1) is 0 Å². The molecule has 0 aliphatic carbocycles. The van der Waals surface area contributed by atoms with Gasteiger partial charge in [0.2, 0.25) is 0 Å². The summed E-state index contributed by atoms with van der Waals surface area (Å²) in [7, 11) is 1.73. The fraction of sp³-hybridized carbons (Fsp3) is 0.154. The van der Waals surface area contributed by atoms with Gasteiger partial charge in [-0.25, -0.2) is 4.98 Å². The van der Waals surface area contributed by atoms with Gasteiger partial charge in [0.15, 0.2) is 10.9 Å². The Morgan fingerprint density at radius 2 is 1.61 bits per heavy atom. The van der Waals surface area contributed by atoms with Crippen LogP contribution in [0.1, 0.15) is 34.0 Å². The smallest absolute Gasteiger partial charge is 0.308 e. The van der Waals surface area contributed by atoms with Crippen LogP contribution in [0.25, 0.3) is 10.9 Å². The van der Waals surface area contributed by atoms with E-state index in [1.165, 1.54) is 18.7 Å². The van der Waals surface area contributed by atoms with Gasteiger partial charge in [0, 0.05) is 30.9 Å². The van der Waals surface area contributed by atoms with Crippen molar-refractivity contribution in [3.8, 4) is 5.75 Å². The lowest BCUT2D eigenvalue weighted by molar-refractivity contribution is -0.131. The number of hydrogen-bond donors (Lipinski definition) is 0. The monoisotopic (exact) mass is 458 g/mol. The van der Waals surface area contributed by atoms with Crippen molar-refractivity contribution < 1.29 is 14.3 Å². The lowest BCUT2D eigenvalue weighted by atomic mass is 10.0. The predicted molar refractivity (Wildman–Crippen MR) is 129 cm³/mol. The van der Waals surface area contributed by atoms with Crippen LogP contribution in [0.15, 0.2) is 76.7 Å². The molecule has 0 fully saturated rings. The Balaban J connectivity index is 1.47. The van der Waals surface area contributed by atoms with Gasteiger partial charge in [-0.2, -0.15) is 0 Å². The van der Waals surface area contributed by atoms with Crippen molar-refractivity contribution in [2.24, 2.45) is 7.05 Å². The number of aromatic nitrogens is 2. The topological polar surface area (TPSA) is 78.3 Å². The van der Waals surface area contributed by atoms with Crippen LogP contribution in [0.5, 0.6) is 5.75 Å². The Morgan fingerprint density at radius 1 is 0.970 bits per heavy atom. The van der Waals surface area contributed by atoms with E-state index >= 15 is 0 Å². The van der Waals surface area contributed by atoms with Gasteiger partial charge < -0.3 is 4.74 Å². The number of carbonyl (C=O) groups is 2. The average Bonchev–Trinajstić information content (AvgIpc) is 2.80. The number of nitrogens with zero attached hydrogens (tertiary/aromatic N) is 2. The number of ether oxygens (including phenoxy) is 1. The molecule has 4 aromatic rings. The van der Waals surface area contributed by atoms with Crippen molar-refractivity contribution in [1.82, 2.24) is 9.55 Å². The Bertz CT molecular complexity index is 1410. The van der Waals surface area contributed by atoms with Gasteiger partial charge in [-0.3, -0.25) is 19.0 Å². The first kappa shape index (κ1) is 22.5. The molecule has 3 aromatic carbocycles. The molecule has 0 atom stereocenters. The molecule has 0 saturated carbocycles. The van der Waals surface area contributed by atoms with Gasteiger partial charge in [-0.05, 0) is 48.4 Å². The summed E-state index contributed by atoms with van der Waals surface area (Å²) >= 11 is 1.48. The molecule has 0 bridgehead atoms. The maximum absolute atomic E-state index is 12.8. The molecule has 7 heteroatoms. The maximum Gasteiger partial charge on any atom is 0.308 e. The van der Waals surface area contributed by atoms with Gasteiger partial charge in [-0.1, -0.05) is 48.2 Å². The number of benzene rings is 3. The molecular formula is C26H22N2O4S. The molecule has 1 heterocycles. The van der Waals surface area contributed by atoms with E-state index in [-0.39, 0.29) is 11.3 Å². The van der Waals surface area contributed by atoms with Crippen LogP contribution in [0.3, 0.4) is 0 Å². The van der Waals surface area contributed by atoms with Crippen LogP contribution in [-0.2, 0) is 17.6 Å². The lowest BCUT2D eigenvalue weighted by Gasteiger charge is -2.10.